The number of aromatic carboxylic acids is 1. The van der Waals surface area contributed by atoms with E-state index in [9.17, 15) is 14.7 Å². The van der Waals surface area contributed by atoms with Crippen molar-refractivity contribution in [3.63, 3.8) is 0 Å². The van der Waals surface area contributed by atoms with Gasteiger partial charge in [-0.25, -0.2) is 14.8 Å². The first-order chi connectivity index (χ1) is 12.9. The molecule has 2 aromatic rings. The van der Waals surface area contributed by atoms with E-state index in [4.69, 9.17) is 4.74 Å². The number of anilines is 1. The number of hydrogen-bond acceptors (Lipinski definition) is 5. The van der Waals surface area contributed by atoms with Crippen LogP contribution in [0.3, 0.4) is 0 Å². The van der Waals surface area contributed by atoms with Crippen LogP contribution < -0.4 is 10.1 Å². The van der Waals surface area contributed by atoms with Crippen molar-refractivity contribution in [1.29, 1.82) is 0 Å². The zero-order valence-electron chi connectivity index (χ0n) is 15.3. The monoisotopic (exact) mass is 367 g/mol. The average Bonchev–Trinajstić information content (AvgIpc) is 2.87. The molecule has 2 N–H and O–H groups in total. The third-order valence-corrected chi connectivity index (χ3v) is 5.48. The first kappa shape index (κ1) is 17.5. The van der Waals surface area contributed by atoms with Gasteiger partial charge < -0.3 is 15.2 Å². The number of carbonyl (C=O) groups excluding carboxylic acids is 1. The maximum Gasteiger partial charge on any atom is 0.335 e. The zero-order valence-corrected chi connectivity index (χ0v) is 15.3. The third-order valence-electron chi connectivity index (χ3n) is 5.48. The van der Waals surface area contributed by atoms with Gasteiger partial charge in [0.05, 0.1) is 11.0 Å². The molecule has 0 atom stereocenters. The molecule has 1 fully saturated rings. The molecule has 0 radical (unpaired) electrons. The highest BCUT2D eigenvalue weighted by atomic mass is 16.5. The zero-order chi connectivity index (χ0) is 19.2. The van der Waals surface area contributed by atoms with E-state index >= 15 is 0 Å². The van der Waals surface area contributed by atoms with E-state index in [1.807, 2.05) is 19.9 Å². The molecule has 1 saturated carbocycles. The highest BCUT2D eigenvalue weighted by Gasteiger charge is 2.49. The Morgan fingerprint density at radius 1 is 1.19 bits per heavy atom. The number of ether oxygens (including phenoxy) is 1. The molecule has 1 spiro atoms. The Labute approximate surface area is 156 Å². The minimum atomic E-state index is -0.990. The number of amides is 1. The summed E-state index contributed by atoms with van der Waals surface area (Å²) < 4.78 is 5.96. The number of carbonyl (C=O) groups is 2. The Hall–Kier alpha value is -2.96. The van der Waals surface area contributed by atoms with Crippen molar-refractivity contribution in [3.8, 4) is 6.01 Å². The topological polar surface area (TPSA) is 101 Å². The van der Waals surface area contributed by atoms with E-state index in [0.717, 1.165) is 17.0 Å². The molecule has 4 rings (SSSR count). The summed E-state index contributed by atoms with van der Waals surface area (Å²) in [5.41, 5.74) is 2.73. The molecule has 1 aliphatic heterocycles. The van der Waals surface area contributed by atoms with Gasteiger partial charge in [0.15, 0.2) is 0 Å². The van der Waals surface area contributed by atoms with Gasteiger partial charge in [0.2, 0.25) is 5.91 Å². The maximum atomic E-state index is 12.7. The summed E-state index contributed by atoms with van der Waals surface area (Å²) in [5, 5.41) is 12.2. The van der Waals surface area contributed by atoms with Gasteiger partial charge in [-0.2, -0.15) is 0 Å². The lowest BCUT2D eigenvalue weighted by molar-refractivity contribution is -0.122. The number of hydrogen-bond donors (Lipinski definition) is 2. The smallest absolute Gasteiger partial charge is 0.335 e. The molecule has 7 nitrogen and oxygen atoms in total. The molecule has 1 aromatic carbocycles. The lowest BCUT2D eigenvalue weighted by Gasteiger charge is -2.35. The maximum absolute atomic E-state index is 12.7. The lowest BCUT2D eigenvalue weighted by Crippen LogP contribution is -2.41. The van der Waals surface area contributed by atoms with Crippen LogP contribution in [0.5, 0.6) is 6.01 Å². The second kappa shape index (κ2) is 6.33. The van der Waals surface area contributed by atoms with Crippen LogP contribution in [0, 0.1) is 13.8 Å². The second-order valence-electron chi connectivity index (χ2n) is 7.35. The van der Waals surface area contributed by atoms with Gasteiger partial charge in [-0.1, -0.05) is 0 Å². The molecular weight excluding hydrogens is 346 g/mol. The molecule has 1 aliphatic carbocycles. The first-order valence-electron chi connectivity index (χ1n) is 9.06. The summed E-state index contributed by atoms with van der Waals surface area (Å²) >= 11 is 0. The van der Waals surface area contributed by atoms with Gasteiger partial charge in [-0.05, 0) is 69.4 Å². The van der Waals surface area contributed by atoms with E-state index in [1.165, 1.54) is 6.07 Å². The van der Waals surface area contributed by atoms with Crippen molar-refractivity contribution in [1.82, 2.24) is 9.97 Å². The Kier molecular flexibility index (Phi) is 4.09. The Bertz CT molecular complexity index is 913. The van der Waals surface area contributed by atoms with Gasteiger partial charge in [-0.3, -0.25) is 4.79 Å². The van der Waals surface area contributed by atoms with Crippen LogP contribution in [-0.4, -0.2) is 33.1 Å². The molecule has 0 bridgehead atoms. The van der Waals surface area contributed by atoms with E-state index in [-0.39, 0.29) is 17.6 Å². The molecule has 1 amide bonds. The normalized spacial score (nSPS) is 23.8. The van der Waals surface area contributed by atoms with E-state index in [2.05, 4.69) is 15.3 Å². The number of nitrogens with one attached hydrogen (secondary N) is 1. The van der Waals surface area contributed by atoms with Gasteiger partial charge in [0.1, 0.15) is 6.10 Å². The van der Waals surface area contributed by atoms with E-state index < -0.39 is 11.4 Å². The molecule has 0 unspecified atom stereocenters. The van der Waals surface area contributed by atoms with Crippen molar-refractivity contribution < 1.29 is 19.4 Å². The summed E-state index contributed by atoms with van der Waals surface area (Å²) in [4.78, 5) is 32.7. The fourth-order valence-corrected chi connectivity index (χ4v) is 4.14. The van der Waals surface area contributed by atoms with Crippen LogP contribution in [0.15, 0.2) is 24.3 Å². The molecular formula is C20H21N3O4. The van der Waals surface area contributed by atoms with Crippen LogP contribution in [0.25, 0.3) is 0 Å². The number of aromatic nitrogens is 2. The number of benzene rings is 1. The van der Waals surface area contributed by atoms with Gasteiger partial charge in [0.25, 0.3) is 0 Å². The first-order valence-corrected chi connectivity index (χ1v) is 9.06. The lowest BCUT2D eigenvalue weighted by atomic mass is 9.69. The Morgan fingerprint density at radius 3 is 2.48 bits per heavy atom. The number of carboxylic acids is 1. The third kappa shape index (κ3) is 3.03. The number of carboxylic acid groups (broad SMARTS) is 1. The summed E-state index contributed by atoms with van der Waals surface area (Å²) in [6, 6.07) is 7.09. The van der Waals surface area contributed by atoms with Crippen LogP contribution >= 0.6 is 0 Å². The fraction of sp³-hybridized carbons (Fsp3) is 0.400. The number of aryl methyl sites for hydroxylation is 2. The van der Waals surface area contributed by atoms with E-state index in [0.29, 0.717) is 37.4 Å². The standard InChI is InChI=1S/C20H21N3O4/c1-11-9-12(2)22-19(21-11)27-14-5-7-20(8-6-14)15-10-13(17(24)25)3-4-16(15)23-18(20)26/h3-4,9-10,14H,5-8H2,1-2H3,(H,23,26)(H,24,25). The molecule has 2 heterocycles. The SMILES string of the molecule is Cc1cc(C)nc(OC2CCC3(CC2)C(=O)Nc2ccc(C(=O)O)cc23)n1. The molecule has 27 heavy (non-hydrogen) atoms. The summed E-state index contributed by atoms with van der Waals surface area (Å²) in [6.45, 7) is 3.80. The van der Waals surface area contributed by atoms with Crippen molar-refractivity contribution >= 4 is 17.6 Å². The second-order valence-corrected chi connectivity index (χ2v) is 7.35. The molecule has 7 heteroatoms. The summed E-state index contributed by atoms with van der Waals surface area (Å²) in [5.74, 6) is -1.04. The van der Waals surface area contributed by atoms with E-state index in [1.54, 1.807) is 12.1 Å². The van der Waals surface area contributed by atoms with Gasteiger partial charge in [0, 0.05) is 17.1 Å². The predicted octanol–water partition coefficient (Wildman–Crippen LogP) is 3.00. The molecule has 140 valence electrons. The Balaban J connectivity index is 1.54. The highest BCUT2D eigenvalue weighted by molar-refractivity contribution is 6.07. The Morgan fingerprint density at radius 2 is 1.85 bits per heavy atom. The van der Waals surface area contributed by atoms with Gasteiger partial charge in [-0.15, -0.1) is 0 Å². The van der Waals surface area contributed by atoms with Crippen molar-refractivity contribution in [3.05, 3.63) is 46.8 Å². The van der Waals surface area contributed by atoms with Crippen LogP contribution in [0.4, 0.5) is 5.69 Å². The van der Waals surface area contributed by atoms with Crippen molar-refractivity contribution in [2.45, 2.75) is 51.0 Å². The van der Waals surface area contributed by atoms with Gasteiger partial charge >= 0.3 is 12.0 Å². The highest BCUT2D eigenvalue weighted by Crippen LogP contribution is 2.48. The summed E-state index contributed by atoms with van der Waals surface area (Å²) in [7, 11) is 0. The minimum Gasteiger partial charge on any atom is -0.478 e. The number of fused-ring (bicyclic) bond motifs is 2. The molecule has 0 saturated heterocycles. The quantitative estimate of drug-likeness (QED) is 0.865. The van der Waals surface area contributed by atoms with Crippen LogP contribution in [-0.2, 0) is 10.2 Å². The predicted molar refractivity (Wildman–Crippen MR) is 98.1 cm³/mol. The van der Waals surface area contributed by atoms with Crippen LogP contribution in [0.1, 0.15) is 53.0 Å². The molecule has 2 aliphatic rings. The molecule has 1 aromatic heterocycles. The number of nitrogens with zero attached hydrogens (tertiary/aromatic N) is 2. The largest absolute Gasteiger partial charge is 0.478 e. The number of rotatable bonds is 3. The van der Waals surface area contributed by atoms with Crippen molar-refractivity contribution in [2.75, 3.05) is 5.32 Å². The van der Waals surface area contributed by atoms with Crippen LogP contribution in [0.2, 0.25) is 0 Å². The minimum absolute atomic E-state index is 0.0545. The fourth-order valence-electron chi connectivity index (χ4n) is 4.14. The average molecular weight is 367 g/mol. The van der Waals surface area contributed by atoms with Crippen molar-refractivity contribution in [2.24, 2.45) is 0 Å². The summed E-state index contributed by atoms with van der Waals surface area (Å²) in [6.07, 6.45) is 2.51.